The van der Waals surface area contributed by atoms with E-state index in [0.29, 0.717) is 6.54 Å². The molecule has 0 unspecified atom stereocenters. The van der Waals surface area contributed by atoms with E-state index < -0.39 is 0 Å². The Kier molecular flexibility index (Phi) is 5.86. The molecule has 2 rings (SSSR count). The first-order valence-electron chi connectivity index (χ1n) is 7.17. The van der Waals surface area contributed by atoms with Crippen LogP contribution in [0.3, 0.4) is 0 Å². The highest BCUT2D eigenvalue weighted by atomic mass is 32.1. The first kappa shape index (κ1) is 15.6. The fraction of sp³-hybridized carbons (Fsp3) is 0.571. The molecular weight excluding hydrogens is 288 g/mol. The van der Waals surface area contributed by atoms with E-state index >= 15 is 0 Å². The molecule has 0 aromatic carbocycles. The van der Waals surface area contributed by atoms with E-state index in [1.165, 1.54) is 11.3 Å². The number of carbonyl (C=O) groups is 2. The second kappa shape index (κ2) is 7.87. The van der Waals surface area contributed by atoms with Crippen LogP contribution in [0.15, 0.2) is 18.0 Å². The van der Waals surface area contributed by atoms with Gasteiger partial charge in [0, 0.05) is 18.0 Å². The number of carbonyl (C=O) groups excluding carboxylic acids is 2. The lowest BCUT2D eigenvalue weighted by molar-refractivity contribution is -0.122. The fourth-order valence-electron chi connectivity index (χ4n) is 2.49. The average Bonchev–Trinajstić information content (AvgIpc) is 3.01. The number of hydrogen-bond donors (Lipinski definition) is 1. The van der Waals surface area contributed by atoms with E-state index in [0.717, 1.165) is 37.2 Å². The fourth-order valence-corrected chi connectivity index (χ4v) is 2.92. The standard InChI is InChI=1S/C14H20N4O2S/c1-2-8-18(14(20)12-10-21-17-16-12)9-13(19)15-11-6-4-3-5-7-11/h2,10-11H,1,3-9H2,(H,15,19). The summed E-state index contributed by atoms with van der Waals surface area (Å²) in [4.78, 5) is 25.8. The van der Waals surface area contributed by atoms with Gasteiger partial charge >= 0.3 is 0 Å². The lowest BCUT2D eigenvalue weighted by atomic mass is 9.95. The Balaban J connectivity index is 1.90. The molecule has 1 aromatic heterocycles. The summed E-state index contributed by atoms with van der Waals surface area (Å²) in [6, 6.07) is 0.243. The highest BCUT2D eigenvalue weighted by Crippen LogP contribution is 2.17. The van der Waals surface area contributed by atoms with Gasteiger partial charge in [-0.1, -0.05) is 29.8 Å². The van der Waals surface area contributed by atoms with E-state index in [1.807, 2.05) is 0 Å². The molecule has 1 aromatic rings. The van der Waals surface area contributed by atoms with Gasteiger partial charge in [0.2, 0.25) is 5.91 Å². The van der Waals surface area contributed by atoms with Gasteiger partial charge in [0.05, 0.1) is 0 Å². The van der Waals surface area contributed by atoms with Gasteiger partial charge < -0.3 is 10.2 Å². The van der Waals surface area contributed by atoms with Crippen LogP contribution in [0.25, 0.3) is 0 Å². The van der Waals surface area contributed by atoms with Gasteiger partial charge in [-0.15, -0.1) is 11.7 Å². The third-order valence-corrected chi connectivity index (χ3v) is 4.03. The van der Waals surface area contributed by atoms with Gasteiger partial charge in [-0.05, 0) is 24.4 Å². The molecule has 0 spiro atoms. The maximum absolute atomic E-state index is 12.2. The lowest BCUT2D eigenvalue weighted by Crippen LogP contribution is -2.44. The molecule has 0 atom stereocenters. The predicted molar refractivity (Wildman–Crippen MR) is 81.0 cm³/mol. The molecule has 6 nitrogen and oxygen atoms in total. The van der Waals surface area contributed by atoms with Gasteiger partial charge in [-0.2, -0.15) is 0 Å². The smallest absolute Gasteiger partial charge is 0.276 e. The third kappa shape index (κ3) is 4.63. The van der Waals surface area contributed by atoms with Crippen molar-refractivity contribution in [2.45, 2.75) is 38.1 Å². The Morgan fingerprint density at radius 2 is 2.19 bits per heavy atom. The predicted octanol–water partition coefficient (Wildman–Crippen LogP) is 1.62. The maximum atomic E-state index is 12.2. The van der Waals surface area contributed by atoms with Crippen LogP contribution in [0.4, 0.5) is 0 Å². The molecule has 1 fully saturated rings. The highest BCUT2D eigenvalue weighted by Gasteiger charge is 2.22. The van der Waals surface area contributed by atoms with Gasteiger partial charge in [0.1, 0.15) is 6.54 Å². The van der Waals surface area contributed by atoms with Crippen LogP contribution in [0.2, 0.25) is 0 Å². The molecule has 0 saturated heterocycles. The van der Waals surface area contributed by atoms with Crippen molar-refractivity contribution in [1.29, 1.82) is 0 Å². The summed E-state index contributed by atoms with van der Waals surface area (Å²) >= 11 is 1.12. The van der Waals surface area contributed by atoms with Gasteiger partial charge in [0.15, 0.2) is 5.69 Å². The van der Waals surface area contributed by atoms with Crippen molar-refractivity contribution >= 4 is 23.3 Å². The van der Waals surface area contributed by atoms with Crippen LogP contribution in [-0.4, -0.2) is 45.4 Å². The van der Waals surface area contributed by atoms with Gasteiger partial charge in [-0.25, -0.2) is 0 Å². The molecule has 1 saturated carbocycles. The topological polar surface area (TPSA) is 75.2 Å². The van der Waals surface area contributed by atoms with Gasteiger partial charge in [0.25, 0.3) is 5.91 Å². The van der Waals surface area contributed by atoms with E-state index in [-0.39, 0.29) is 30.1 Å². The van der Waals surface area contributed by atoms with E-state index in [1.54, 1.807) is 11.5 Å². The van der Waals surface area contributed by atoms with Crippen molar-refractivity contribution in [2.75, 3.05) is 13.1 Å². The molecule has 1 aliphatic carbocycles. The SMILES string of the molecule is C=CCN(CC(=O)NC1CCCCC1)C(=O)c1csnn1. The summed E-state index contributed by atoms with van der Waals surface area (Å²) < 4.78 is 3.68. The van der Waals surface area contributed by atoms with Crippen LogP contribution in [0.1, 0.15) is 42.6 Å². The zero-order valence-corrected chi connectivity index (χ0v) is 12.8. The second-order valence-electron chi connectivity index (χ2n) is 5.17. The molecule has 0 aliphatic heterocycles. The van der Waals surface area contributed by atoms with Crippen molar-refractivity contribution in [3.63, 3.8) is 0 Å². The van der Waals surface area contributed by atoms with Crippen LogP contribution in [-0.2, 0) is 4.79 Å². The average molecular weight is 308 g/mol. The number of aromatic nitrogens is 2. The first-order chi connectivity index (χ1) is 10.2. The van der Waals surface area contributed by atoms with Crippen molar-refractivity contribution in [1.82, 2.24) is 19.8 Å². The minimum Gasteiger partial charge on any atom is -0.352 e. The molecule has 1 N–H and O–H groups in total. The quantitative estimate of drug-likeness (QED) is 0.810. The molecule has 114 valence electrons. The molecular formula is C14H20N4O2S. The molecule has 2 amide bonds. The summed E-state index contributed by atoms with van der Waals surface area (Å²) in [5.41, 5.74) is 0.271. The largest absolute Gasteiger partial charge is 0.352 e. The minimum atomic E-state index is -0.289. The molecule has 7 heteroatoms. The highest BCUT2D eigenvalue weighted by molar-refractivity contribution is 7.03. The van der Waals surface area contributed by atoms with Crippen LogP contribution in [0.5, 0.6) is 0 Å². The van der Waals surface area contributed by atoms with E-state index in [4.69, 9.17) is 0 Å². The summed E-state index contributed by atoms with van der Waals surface area (Å²) in [6.07, 6.45) is 7.21. The summed E-state index contributed by atoms with van der Waals surface area (Å²) in [5, 5.41) is 8.34. The van der Waals surface area contributed by atoms with Crippen molar-refractivity contribution in [2.24, 2.45) is 0 Å². The Morgan fingerprint density at radius 3 is 2.81 bits per heavy atom. The Hall–Kier alpha value is -1.76. The monoisotopic (exact) mass is 308 g/mol. The Bertz CT molecular complexity index is 483. The zero-order chi connectivity index (χ0) is 15.1. The van der Waals surface area contributed by atoms with Crippen LogP contribution in [0, 0.1) is 0 Å². The molecule has 1 aliphatic rings. The normalized spacial score (nSPS) is 15.4. The third-order valence-electron chi connectivity index (χ3n) is 3.52. The minimum absolute atomic E-state index is 0.0267. The number of nitrogens with one attached hydrogen (secondary N) is 1. The molecule has 21 heavy (non-hydrogen) atoms. The van der Waals surface area contributed by atoms with Crippen LogP contribution < -0.4 is 5.32 Å². The van der Waals surface area contributed by atoms with Crippen molar-refractivity contribution < 1.29 is 9.59 Å². The number of hydrogen-bond acceptors (Lipinski definition) is 5. The number of amides is 2. The van der Waals surface area contributed by atoms with E-state index in [2.05, 4.69) is 21.5 Å². The summed E-state index contributed by atoms with van der Waals surface area (Å²) in [7, 11) is 0. The van der Waals surface area contributed by atoms with Crippen LogP contribution >= 0.6 is 11.5 Å². The Morgan fingerprint density at radius 1 is 1.43 bits per heavy atom. The number of rotatable bonds is 6. The summed E-state index contributed by atoms with van der Waals surface area (Å²) in [5.74, 6) is -0.414. The molecule has 1 heterocycles. The van der Waals surface area contributed by atoms with Gasteiger partial charge in [-0.3, -0.25) is 9.59 Å². The molecule has 0 bridgehead atoms. The Labute approximate surface area is 128 Å². The molecule has 0 radical (unpaired) electrons. The van der Waals surface area contributed by atoms with Crippen molar-refractivity contribution in [3.05, 3.63) is 23.7 Å². The summed E-state index contributed by atoms with van der Waals surface area (Å²) in [6.45, 7) is 3.97. The first-order valence-corrected chi connectivity index (χ1v) is 8.01. The zero-order valence-electron chi connectivity index (χ0n) is 12.0. The maximum Gasteiger partial charge on any atom is 0.276 e. The van der Waals surface area contributed by atoms with E-state index in [9.17, 15) is 9.59 Å². The number of nitrogens with zero attached hydrogens (tertiary/aromatic N) is 3. The lowest BCUT2D eigenvalue weighted by Gasteiger charge is -2.25. The second-order valence-corrected chi connectivity index (χ2v) is 5.78. The van der Waals surface area contributed by atoms with Crippen molar-refractivity contribution in [3.8, 4) is 0 Å².